The SMILES string of the molecule is COc1ccc(C)cc1NC(=O)C(C)Oc1ccc(C(C)(C)C)cc1. The van der Waals surface area contributed by atoms with E-state index in [0.717, 1.165) is 5.56 Å². The van der Waals surface area contributed by atoms with Gasteiger partial charge >= 0.3 is 0 Å². The van der Waals surface area contributed by atoms with Crippen LogP contribution in [0.25, 0.3) is 0 Å². The average molecular weight is 341 g/mol. The molecule has 0 aliphatic rings. The first-order chi connectivity index (χ1) is 11.7. The fourth-order valence-electron chi connectivity index (χ4n) is 2.45. The van der Waals surface area contributed by atoms with E-state index in [2.05, 4.69) is 26.1 Å². The zero-order chi connectivity index (χ0) is 18.6. The summed E-state index contributed by atoms with van der Waals surface area (Å²) in [4.78, 5) is 12.4. The van der Waals surface area contributed by atoms with E-state index in [1.165, 1.54) is 5.56 Å². The van der Waals surface area contributed by atoms with Gasteiger partial charge in [0.05, 0.1) is 12.8 Å². The van der Waals surface area contributed by atoms with Crippen molar-refractivity contribution in [1.82, 2.24) is 0 Å². The standard InChI is InChI=1S/C21H27NO3/c1-14-7-12-19(24-6)18(13-14)22-20(23)15(2)25-17-10-8-16(9-11-17)21(3,4)5/h7-13,15H,1-6H3,(H,22,23). The highest BCUT2D eigenvalue weighted by atomic mass is 16.5. The maximum Gasteiger partial charge on any atom is 0.265 e. The molecule has 0 aromatic heterocycles. The van der Waals surface area contributed by atoms with Gasteiger partial charge in [-0.3, -0.25) is 4.79 Å². The number of carbonyl (C=O) groups excluding carboxylic acids is 1. The van der Waals surface area contributed by atoms with E-state index >= 15 is 0 Å². The van der Waals surface area contributed by atoms with Crippen molar-refractivity contribution in [3.63, 3.8) is 0 Å². The van der Waals surface area contributed by atoms with Crippen LogP contribution >= 0.6 is 0 Å². The molecule has 0 radical (unpaired) electrons. The summed E-state index contributed by atoms with van der Waals surface area (Å²) in [7, 11) is 1.58. The molecule has 1 amide bonds. The number of rotatable bonds is 5. The van der Waals surface area contributed by atoms with Crippen molar-refractivity contribution in [3.8, 4) is 11.5 Å². The lowest BCUT2D eigenvalue weighted by atomic mass is 9.87. The molecule has 134 valence electrons. The van der Waals surface area contributed by atoms with Gasteiger partial charge in [0.2, 0.25) is 0 Å². The fraction of sp³-hybridized carbons (Fsp3) is 0.381. The molecule has 25 heavy (non-hydrogen) atoms. The van der Waals surface area contributed by atoms with Crippen LogP contribution in [0, 0.1) is 6.92 Å². The van der Waals surface area contributed by atoms with Gasteiger partial charge < -0.3 is 14.8 Å². The lowest BCUT2D eigenvalue weighted by Crippen LogP contribution is -2.30. The Hall–Kier alpha value is -2.49. The second-order valence-corrected chi connectivity index (χ2v) is 7.23. The molecule has 1 N–H and O–H groups in total. The molecule has 0 aliphatic carbocycles. The number of benzene rings is 2. The third-order valence-corrected chi connectivity index (χ3v) is 4.02. The molecule has 0 saturated carbocycles. The smallest absolute Gasteiger partial charge is 0.265 e. The molecule has 1 unspecified atom stereocenters. The van der Waals surface area contributed by atoms with E-state index in [9.17, 15) is 4.79 Å². The van der Waals surface area contributed by atoms with E-state index in [4.69, 9.17) is 9.47 Å². The maximum absolute atomic E-state index is 12.4. The monoisotopic (exact) mass is 341 g/mol. The summed E-state index contributed by atoms with van der Waals surface area (Å²) in [5.41, 5.74) is 3.00. The quantitative estimate of drug-likeness (QED) is 0.857. The van der Waals surface area contributed by atoms with Gasteiger partial charge in [0.1, 0.15) is 11.5 Å². The zero-order valence-corrected chi connectivity index (χ0v) is 15.8. The molecule has 0 saturated heterocycles. The molecule has 2 rings (SSSR count). The van der Waals surface area contributed by atoms with Crippen molar-refractivity contribution in [2.75, 3.05) is 12.4 Å². The number of ether oxygens (including phenoxy) is 2. The molecule has 4 heteroatoms. The van der Waals surface area contributed by atoms with Crippen LogP contribution in [0.15, 0.2) is 42.5 Å². The number of methoxy groups -OCH3 is 1. The molecule has 2 aromatic rings. The first-order valence-electron chi connectivity index (χ1n) is 8.43. The molecule has 4 nitrogen and oxygen atoms in total. The topological polar surface area (TPSA) is 47.6 Å². The minimum absolute atomic E-state index is 0.0866. The Morgan fingerprint density at radius 2 is 1.72 bits per heavy atom. The number of hydrogen-bond donors (Lipinski definition) is 1. The van der Waals surface area contributed by atoms with Gasteiger partial charge in [-0.1, -0.05) is 39.0 Å². The fourth-order valence-corrected chi connectivity index (χ4v) is 2.45. The van der Waals surface area contributed by atoms with Crippen LogP contribution in [0.2, 0.25) is 0 Å². The van der Waals surface area contributed by atoms with Crippen molar-refractivity contribution in [1.29, 1.82) is 0 Å². The first-order valence-corrected chi connectivity index (χ1v) is 8.43. The van der Waals surface area contributed by atoms with Gasteiger partial charge in [0.25, 0.3) is 5.91 Å². The summed E-state index contributed by atoms with van der Waals surface area (Å²) < 4.78 is 11.1. The Kier molecular flexibility index (Phi) is 5.73. The second kappa shape index (κ2) is 7.60. The highest BCUT2D eigenvalue weighted by Crippen LogP contribution is 2.26. The minimum atomic E-state index is -0.620. The molecule has 0 fully saturated rings. The molecular formula is C21H27NO3. The molecular weight excluding hydrogens is 314 g/mol. The van der Waals surface area contributed by atoms with E-state index in [1.807, 2.05) is 49.4 Å². The van der Waals surface area contributed by atoms with Crippen LogP contribution in [0.1, 0.15) is 38.8 Å². The van der Waals surface area contributed by atoms with Crippen LogP contribution in [0.5, 0.6) is 11.5 Å². The van der Waals surface area contributed by atoms with Crippen LogP contribution in [-0.4, -0.2) is 19.1 Å². The Bertz CT molecular complexity index is 730. The Morgan fingerprint density at radius 1 is 1.08 bits per heavy atom. The lowest BCUT2D eigenvalue weighted by Gasteiger charge is -2.20. The van der Waals surface area contributed by atoms with E-state index in [0.29, 0.717) is 17.2 Å². The molecule has 0 bridgehead atoms. The predicted molar refractivity (Wildman–Crippen MR) is 102 cm³/mol. The van der Waals surface area contributed by atoms with Crippen molar-refractivity contribution in [2.24, 2.45) is 0 Å². The van der Waals surface area contributed by atoms with Gasteiger partial charge in [-0.15, -0.1) is 0 Å². The molecule has 1 atom stereocenters. The van der Waals surface area contributed by atoms with E-state index in [1.54, 1.807) is 14.0 Å². The van der Waals surface area contributed by atoms with Gasteiger partial charge in [-0.2, -0.15) is 0 Å². The highest BCUT2D eigenvalue weighted by molar-refractivity contribution is 5.95. The number of amides is 1. The second-order valence-electron chi connectivity index (χ2n) is 7.23. The number of nitrogens with one attached hydrogen (secondary N) is 1. The third-order valence-electron chi connectivity index (χ3n) is 4.02. The van der Waals surface area contributed by atoms with Gasteiger partial charge in [0.15, 0.2) is 6.10 Å². The van der Waals surface area contributed by atoms with E-state index < -0.39 is 6.10 Å². The number of carbonyl (C=O) groups is 1. The van der Waals surface area contributed by atoms with Gasteiger partial charge in [-0.05, 0) is 54.7 Å². The normalized spacial score (nSPS) is 12.4. The summed E-state index contributed by atoms with van der Waals surface area (Å²) in [5, 5.41) is 2.87. The average Bonchev–Trinajstić information content (AvgIpc) is 2.54. The maximum atomic E-state index is 12.4. The summed E-state index contributed by atoms with van der Waals surface area (Å²) in [5.74, 6) is 1.08. The van der Waals surface area contributed by atoms with Crippen molar-refractivity contribution in [2.45, 2.75) is 46.1 Å². The predicted octanol–water partition coefficient (Wildman–Crippen LogP) is 4.71. The van der Waals surface area contributed by atoms with Crippen LogP contribution < -0.4 is 14.8 Å². The number of hydrogen-bond acceptors (Lipinski definition) is 3. The number of aryl methyl sites for hydroxylation is 1. The zero-order valence-electron chi connectivity index (χ0n) is 15.8. The van der Waals surface area contributed by atoms with Crippen LogP contribution in [0.3, 0.4) is 0 Å². The Labute approximate surface area is 150 Å². The van der Waals surface area contributed by atoms with Crippen molar-refractivity contribution >= 4 is 11.6 Å². The minimum Gasteiger partial charge on any atom is -0.495 e. The van der Waals surface area contributed by atoms with Gasteiger partial charge in [-0.25, -0.2) is 0 Å². The molecule has 2 aromatic carbocycles. The summed E-state index contributed by atoms with van der Waals surface area (Å²) in [6.45, 7) is 10.2. The molecule has 0 aliphatic heterocycles. The summed E-state index contributed by atoms with van der Waals surface area (Å²) in [6, 6.07) is 13.5. The third kappa shape index (κ3) is 4.99. The first kappa shape index (κ1) is 18.8. The van der Waals surface area contributed by atoms with Gasteiger partial charge in [0, 0.05) is 0 Å². The summed E-state index contributed by atoms with van der Waals surface area (Å²) in [6.07, 6.45) is -0.620. The van der Waals surface area contributed by atoms with Crippen LogP contribution in [-0.2, 0) is 10.2 Å². The Morgan fingerprint density at radius 3 is 2.28 bits per heavy atom. The van der Waals surface area contributed by atoms with E-state index in [-0.39, 0.29) is 11.3 Å². The lowest BCUT2D eigenvalue weighted by molar-refractivity contribution is -0.122. The van der Waals surface area contributed by atoms with Crippen LogP contribution in [0.4, 0.5) is 5.69 Å². The summed E-state index contributed by atoms with van der Waals surface area (Å²) >= 11 is 0. The number of anilines is 1. The largest absolute Gasteiger partial charge is 0.495 e. The Balaban J connectivity index is 2.04. The van der Waals surface area contributed by atoms with Crippen molar-refractivity contribution < 1.29 is 14.3 Å². The molecule has 0 spiro atoms. The highest BCUT2D eigenvalue weighted by Gasteiger charge is 2.18. The molecule has 0 heterocycles. The van der Waals surface area contributed by atoms with Crippen molar-refractivity contribution in [3.05, 3.63) is 53.6 Å².